The fourth-order valence-electron chi connectivity index (χ4n) is 3.59. The molecule has 192 valence electrons. The summed E-state index contributed by atoms with van der Waals surface area (Å²) in [7, 11) is -3.76. The SMILES string of the molecule is CCCCNC(=O)C(C)N(Cc1cccc(Br)c1)C(=O)CCCN(c1ccccc1F)S(C)(=O)=O. The van der Waals surface area contributed by atoms with Gasteiger partial charge in [0.2, 0.25) is 21.8 Å². The average Bonchev–Trinajstić information content (AvgIpc) is 2.80. The highest BCUT2D eigenvalue weighted by atomic mass is 79.9. The summed E-state index contributed by atoms with van der Waals surface area (Å²) in [6.07, 6.45) is 2.95. The molecule has 10 heteroatoms. The highest BCUT2D eigenvalue weighted by molar-refractivity contribution is 9.10. The third kappa shape index (κ3) is 8.92. The highest BCUT2D eigenvalue weighted by Gasteiger charge is 2.27. The molecule has 0 radical (unpaired) electrons. The minimum atomic E-state index is -3.76. The fraction of sp³-hybridized carbons (Fsp3) is 0.440. The van der Waals surface area contributed by atoms with Crippen molar-refractivity contribution in [1.82, 2.24) is 10.2 Å². The summed E-state index contributed by atoms with van der Waals surface area (Å²) in [4.78, 5) is 27.4. The first-order chi connectivity index (χ1) is 16.5. The molecule has 0 aliphatic rings. The second-order valence-corrected chi connectivity index (χ2v) is 11.2. The topological polar surface area (TPSA) is 86.8 Å². The molecule has 1 atom stereocenters. The maximum atomic E-state index is 14.3. The summed E-state index contributed by atoms with van der Waals surface area (Å²) in [5, 5.41) is 2.87. The van der Waals surface area contributed by atoms with E-state index in [0.29, 0.717) is 6.54 Å². The van der Waals surface area contributed by atoms with Gasteiger partial charge in [-0.25, -0.2) is 12.8 Å². The molecule has 7 nitrogen and oxygen atoms in total. The molecule has 0 aromatic heterocycles. The normalized spacial score (nSPS) is 12.1. The third-order valence-electron chi connectivity index (χ3n) is 5.51. The van der Waals surface area contributed by atoms with Crippen LogP contribution in [0.3, 0.4) is 0 Å². The van der Waals surface area contributed by atoms with Crippen LogP contribution in [0, 0.1) is 5.82 Å². The van der Waals surface area contributed by atoms with E-state index in [4.69, 9.17) is 0 Å². The van der Waals surface area contributed by atoms with Crippen molar-refractivity contribution < 1.29 is 22.4 Å². The predicted molar refractivity (Wildman–Crippen MR) is 140 cm³/mol. The van der Waals surface area contributed by atoms with Crippen LogP contribution in [0.5, 0.6) is 0 Å². The van der Waals surface area contributed by atoms with E-state index in [0.717, 1.165) is 33.4 Å². The Labute approximate surface area is 215 Å². The second kappa shape index (κ2) is 13.6. The Morgan fingerprint density at radius 1 is 1.11 bits per heavy atom. The Balaban J connectivity index is 2.15. The van der Waals surface area contributed by atoms with Crippen molar-refractivity contribution in [3.63, 3.8) is 0 Å². The van der Waals surface area contributed by atoms with Crippen LogP contribution in [0.1, 0.15) is 45.1 Å². The van der Waals surface area contributed by atoms with Gasteiger partial charge >= 0.3 is 0 Å². The number of halogens is 2. The number of carbonyl (C=O) groups excluding carboxylic acids is 2. The molecular formula is C25H33BrFN3O4S. The van der Waals surface area contributed by atoms with Crippen LogP contribution >= 0.6 is 15.9 Å². The van der Waals surface area contributed by atoms with Crippen molar-refractivity contribution in [2.45, 2.75) is 52.1 Å². The summed E-state index contributed by atoms with van der Waals surface area (Å²) >= 11 is 3.43. The highest BCUT2D eigenvalue weighted by Crippen LogP contribution is 2.22. The number of hydrogen-bond donors (Lipinski definition) is 1. The number of hydrogen-bond acceptors (Lipinski definition) is 4. The average molecular weight is 571 g/mol. The van der Waals surface area contributed by atoms with Gasteiger partial charge in [0.15, 0.2) is 0 Å². The Morgan fingerprint density at radius 2 is 1.83 bits per heavy atom. The van der Waals surface area contributed by atoms with Crippen LogP contribution in [0.4, 0.5) is 10.1 Å². The van der Waals surface area contributed by atoms with Gasteiger partial charge in [0, 0.05) is 30.5 Å². The fourth-order valence-corrected chi connectivity index (χ4v) is 5.00. The first-order valence-corrected chi connectivity index (χ1v) is 14.2. The van der Waals surface area contributed by atoms with E-state index in [2.05, 4.69) is 21.2 Å². The van der Waals surface area contributed by atoms with Crippen LogP contribution in [0.25, 0.3) is 0 Å². The van der Waals surface area contributed by atoms with Gasteiger partial charge in [-0.2, -0.15) is 0 Å². The van der Waals surface area contributed by atoms with Gasteiger partial charge in [-0.1, -0.05) is 53.5 Å². The number of unbranched alkanes of at least 4 members (excludes halogenated alkanes) is 1. The first-order valence-electron chi connectivity index (χ1n) is 11.6. The Kier molecular flexibility index (Phi) is 11.2. The number of carbonyl (C=O) groups is 2. The van der Waals surface area contributed by atoms with Gasteiger partial charge in [-0.3, -0.25) is 13.9 Å². The molecule has 1 N–H and O–H groups in total. The molecule has 0 aliphatic heterocycles. The van der Waals surface area contributed by atoms with E-state index >= 15 is 0 Å². The largest absolute Gasteiger partial charge is 0.354 e. The summed E-state index contributed by atoms with van der Waals surface area (Å²) < 4.78 is 40.7. The molecule has 2 aromatic rings. The lowest BCUT2D eigenvalue weighted by atomic mass is 10.1. The number of nitrogens with one attached hydrogen (secondary N) is 1. The molecule has 2 rings (SSSR count). The lowest BCUT2D eigenvalue weighted by Gasteiger charge is -2.29. The molecular weight excluding hydrogens is 537 g/mol. The Morgan fingerprint density at radius 3 is 2.46 bits per heavy atom. The van der Waals surface area contributed by atoms with Gasteiger partial charge in [0.05, 0.1) is 11.9 Å². The van der Waals surface area contributed by atoms with Crippen LogP contribution < -0.4 is 9.62 Å². The number of anilines is 1. The van der Waals surface area contributed by atoms with Crippen molar-refractivity contribution in [1.29, 1.82) is 0 Å². The summed E-state index contributed by atoms with van der Waals surface area (Å²) in [5.41, 5.74) is 0.794. The number of nitrogens with zero attached hydrogens (tertiary/aromatic N) is 2. The molecule has 0 bridgehead atoms. The number of para-hydroxylation sites is 1. The van der Waals surface area contributed by atoms with E-state index in [1.165, 1.54) is 23.1 Å². The van der Waals surface area contributed by atoms with Crippen LogP contribution in [-0.2, 0) is 26.2 Å². The molecule has 2 aromatic carbocycles. The van der Waals surface area contributed by atoms with Crippen molar-refractivity contribution >= 4 is 43.5 Å². The quantitative estimate of drug-likeness (QED) is 0.360. The smallest absolute Gasteiger partial charge is 0.242 e. The second-order valence-electron chi connectivity index (χ2n) is 8.36. The number of sulfonamides is 1. The van der Waals surface area contributed by atoms with E-state index in [9.17, 15) is 22.4 Å². The summed E-state index contributed by atoms with van der Waals surface area (Å²) in [6, 6.07) is 12.4. The van der Waals surface area contributed by atoms with Crippen LogP contribution in [-0.4, -0.2) is 50.5 Å². The molecule has 1 unspecified atom stereocenters. The zero-order valence-electron chi connectivity index (χ0n) is 20.3. The van der Waals surface area contributed by atoms with E-state index in [1.807, 2.05) is 31.2 Å². The van der Waals surface area contributed by atoms with Crippen LogP contribution in [0.2, 0.25) is 0 Å². The standard InChI is InChI=1S/C25H33BrFN3O4S/c1-4-5-15-28-25(32)19(2)29(18-20-10-8-11-21(26)17-20)24(31)14-9-16-30(35(3,33)34)23-13-7-6-12-22(23)27/h6-8,10-13,17,19H,4-5,9,14-16,18H2,1-3H3,(H,28,32). The van der Waals surface area contributed by atoms with Gasteiger partial charge in [-0.05, 0) is 49.6 Å². The molecule has 0 saturated carbocycles. The van der Waals surface area contributed by atoms with E-state index in [1.54, 1.807) is 13.0 Å². The van der Waals surface area contributed by atoms with Gasteiger partial charge < -0.3 is 10.2 Å². The minimum absolute atomic E-state index is 0.00105. The summed E-state index contributed by atoms with van der Waals surface area (Å²) in [5.74, 6) is -1.19. The summed E-state index contributed by atoms with van der Waals surface area (Å²) in [6.45, 7) is 4.40. The van der Waals surface area contributed by atoms with E-state index < -0.39 is 21.9 Å². The molecule has 2 amide bonds. The Hall–Kier alpha value is -2.46. The minimum Gasteiger partial charge on any atom is -0.354 e. The lowest BCUT2D eigenvalue weighted by Crippen LogP contribution is -2.48. The van der Waals surface area contributed by atoms with Crippen LogP contribution in [0.15, 0.2) is 53.0 Å². The molecule has 0 aliphatic carbocycles. The predicted octanol–water partition coefficient (Wildman–Crippen LogP) is 4.47. The zero-order chi connectivity index (χ0) is 26.0. The van der Waals surface area contributed by atoms with Crippen molar-refractivity contribution in [3.05, 3.63) is 64.4 Å². The molecule has 0 heterocycles. The monoisotopic (exact) mass is 569 g/mol. The first kappa shape index (κ1) is 28.8. The molecule has 0 saturated heterocycles. The molecule has 0 fully saturated rings. The van der Waals surface area contributed by atoms with Crippen molar-refractivity contribution in [2.75, 3.05) is 23.7 Å². The number of rotatable bonds is 13. The number of amides is 2. The molecule has 35 heavy (non-hydrogen) atoms. The zero-order valence-corrected chi connectivity index (χ0v) is 22.7. The maximum absolute atomic E-state index is 14.3. The number of benzene rings is 2. The van der Waals surface area contributed by atoms with Gasteiger partial charge in [0.25, 0.3) is 0 Å². The maximum Gasteiger partial charge on any atom is 0.242 e. The molecule has 0 spiro atoms. The Bertz CT molecular complexity index is 1110. The van der Waals surface area contributed by atoms with Crippen molar-refractivity contribution in [2.24, 2.45) is 0 Å². The third-order valence-corrected chi connectivity index (χ3v) is 7.19. The van der Waals surface area contributed by atoms with E-state index in [-0.39, 0.29) is 43.4 Å². The van der Waals surface area contributed by atoms with Gasteiger partial charge in [-0.15, -0.1) is 0 Å². The van der Waals surface area contributed by atoms with Gasteiger partial charge in [0.1, 0.15) is 11.9 Å². The lowest BCUT2D eigenvalue weighted by molar-refractivity contribution is -0.140. The van der Waals surface area contributed by atoms with Crippen molar-refractivity contribution in [3.8, 4) is 0 Å².